The van der Waals surface area contributed by atoms with E-state index in [-0.39, 0.29) is 0 Å². The largest absolute Gasteiger partial charge is 0.495 e. The number of fused-ring (bicyclic) bond motifs is 1. The fraction of sp³-hybridized carbons (Fsp3) is 0.389. The zero-order valence-electron chi connectivity index (χ0n) is 12.7. The Morgan fingerprint density at radius 2 is 2.14 bits per heavy atom. The van der Waals surface area contributed by atoms with E-state index < -0.39 is 0 Å². The molecule has 1 aliphatic heterocycles. The lowest BCUT2D eigenvalue weighted by molar-refractivity contribution is 0.414. The van der Waals surface area contributed by atoms with Gasteiger partial charge in [0.15, 0.2) is 0 Å². The molecule has 0 spiro atoms. The summed E-state index contributed by atoms with van der Waals surface area (Å²) in [5, 5.41) is 0.691. The third-order valence-electron chi connectivity index (χ3n) is 4.68. The molecule has 2 heterocycles. The van der Waals surface area contributed by atoms with Gasteiger partial charge in [-0.25, -0.2) is 0 Å². The molecular weight excluding hydrogens is 296 g/mol. The van der Waals surface area contributed by atoms with Gasteiger partial charge in [-0.2, -0.15) is 0 Å². The highest BCUT2D eigenvalue weighted by Gasteiger charge is 2.29. The average Bonchev–Trinajstić information content (AvgIpc) is 3.38. The Balaban J connectivity index is 1.66. The molecule has 1 fully saturated rings. The predicted molar refractivity (Wildman–Crippen MR) is 89.0 cm³/mol. The summed E-state index contributed by atoms with van der Waals surface area (Å²) in [4.78, 5) is 6.78. The van der Waals surface area contributed by atoms with Crippen molar-refractivity contribution in [3.63, 3.8) is 0 Å². The summed E-state index contributed by atoms with van der Waals surface area (Å²) in [5.74, 6) is 1.51. The molecule has 0 saturated heterocycles. The number of ether oxygens (including phenoxy) is 1. The first-order valence-corrected chi connectivity index (χ1v) is 8.18. The van der Waals surface area contributed by atoms with Gasteiger partial charge in [0.1, 0.15) is 5.75 Å². The molecule has 1 aromatic heterocycles. The van der Waals surface area contributed by atoms with Crippen LogP contribution >= 0.6 is 11.6 Å². The normalized spacial score (nSPS) is 17.3. The number of anilines is 1. The molecule has 1 aromatic carbocycles. The Labute approximate surface area is 135 Å². The van der Waals surface area contributed by atoms with E-state index in [2.05, 4.69) is 28.1 Å². The van der Waals surface area contributed by atoms with E-state index in [9.17, 15) is 0 Å². The lowest BCUT2D eigenvalue weighted by atomic mass is 9.98. The summed E-state index contributed by atoms with van der Waals surface area (Å²) in [6.45, 7) is 1.91. The van der Waals surface area contributed by atoms with Gasteiger partial charge in [-0.3, -0.25) is 4.98 Å². The Hall–Kier alpha value is -1.74. The van der Waals surface area contributed by atoms with Crippen molar-refractivity contribution in [3.8, 4) is 5.75 Å². The average molecular weight is 315 g/mol. The van der Waals surface area contributed by atoms with E-state index in [0.717, 1.165) is 31.2 Å². The first-order chi connectivity index (χ1) is 10.8. The topological polar surface area (TPSA) is 25.4 Å². The van der Waals surface area contributed by atoms with Gasteiger partial charge in [-0.15, -0.1) is 0 Å². The second-order valence-electron chi connectivity index (χ2n) is 6.14. The number of rotatable bonds is 3. The van der Waals surface area contributed by atoms with Crippen molar-refractivity contribution in [1.82, 2.24) is 4.98 Å². The molecule has 4 rings (SSSR count). The summed E-state index contributed by atoms with van der Waals surface area (Å²) >= 11 is 6.29. The molecule has 1 saturated carbocycles. The maximum absolute atomic E-state index is 6.29. The van der Waals surface area contributed by atoms with Crippen LogP contribution in [0.2, 0.25) is 5.02 Å². The molecule has 114 valence electrons. The zero-order chi connectivity index (χ0) is 15.1. The number of nitrogens with zero attached hydrogens (tertiary/aromatic N) is 2. The SMILES string of the molecule is COc1cc2c(cc1Cl)CN(c1cnccc1C1CC1)CC2. The van der Waals surface area contributed by atoms with Crippen molar-refractivity contribution in [2.24, 2.45) is 0 Å². The monoisotopic (exact) mass is 314 g/mol. The molecular formula is C18H19ClN2O. The molecule has 2 aromatic rings. The molecule has 3 nitrogen and oxygen atoms in total. The molecule has 0 atom stereocenters. The minimum atomic E-state index is 0.691. The van der Waals surface area contributed by atoms with Crippen molar-refractivity contribution in [2.75, 3.05) is 18.6 Å². The fourth-order valence-corrected chi connectivity index (χ4v) is 3.58. The molecule has 0 N–H and O–H groups in total. The summed E-state index contributed by atoms with van der Waals surface area (Å²) in [6, 6.07) is 6.32. The van der Waals surface area contributed by atoms with Crippen LogP contribution < -0.4 is 9.64 Å². The van der Waals surface area contributed by atoms with Crippen molar-refractivity contribution in [2.45, 2.75) is 31.7 Å². The van der Waals surface area contributed by atoms with Crippen LogP contribution in [-0.4, -0.2) is 18.6 Å². The van der Waals surface area contributed by atoms with Crippen LogP contribution in [0.1, 0.15) is 35.4 Å². The van der Waals surface area contributed by atoms with Crippen LogP contribution in [0.4, 0.5) is 5.69 Å². The van der Waals surface area contributed by atoms with Gasteiger partial charge >= 0.3 is 0 Å². The van der Waals surface area contributed by atoms with E-state index in [1.165, 1.54) is 35.2 Å². The van der Waals surface area contributed by atoms with Crippen molar-refractivity contribution in [1.29, 1.82) is 0 Å². The highest BCUT2D eigenvalue weighted by Crippen LogP contribution is 2.44. The van der Waals surface area contributed by atoms with Gasteiger partial charge in [-0.1, -0.05) is 11.6 Å². The van der Waals surface area contributed by atoms with E-state index in [4.69, 9.17) is 16.3 Å². The molecule has 0 amide bonds. The van der Waals surface area contributed by atoms with Gasteiger partial charge in [0.2, 0.25) is 0 Å². The maximum atomic E-state index is 6.29. The van der Waals surface area contributed by atoms with Crippen LogP contribution in [-0.2, 0) is 13.0 Å². The lowest BCUT2D eigenvalue weighted by Gasteiger charge is -2.32. The second kappa shape index (κ2) is 5.47. The van der Waals surface area contributed by atoms with Crippen molar-refractivity contribution in [3.05, 3.63) is 52.3 Å². The van der Waals surface area contributed by atoms with Crippen LogP contribution in [0.25, 0.3) is 0 Å². The minimum absolute atomic E-state index is 0.691. The lowest BCUT2D eigenvalue weighted by Crippen LogP contribution is -2.31. The Kier molecular flexibility index (Phi) is 3.45. The van der Waals surface area contributed by atoms with Crippen molar-refractivity contribution >= 4 is 17.3 Å². The first-order valence-electron chi connectivity index (χ1n) is 7.80. The van der Waals surface area contributed by atoms with Crippen LogP contribution in [0, 0.1) is 0 Å². The predicted octanol–water partition coefficient (Wildman–Crippen LogP) is 4.18. The standard InChI is InChI=1S/C18H19ClN2O/c1-22-18-9-13-5-7-21(11-14(13)8-16(18)19)17-10-20-6-4-15(17)12-2-3-12/h4,6,8-10,12H,2-3,5,7,11H2,1H3. The van der Waals surface area contributed by atoms with Gasteiger partial charge in [0.05, 0.1) is 24.0 Å². The fourth-order valence-electron chi connectivity index (χ4n) is 3.32. The van der Waals surface area contributed by atoms with E-state index in [1.807, 2.05) is 12.4 Å². The Bertz CT molecular complexity index is 712. The van der Waals surface area contributed by atoms with Gasteiger partial charge in [0, 0.05) is 19.3 Å². The third kappa shape index (κ3) is 2.44. The Morgan fingerprint density at radius 1 is 1.27 bits per heavy atom. The summed E-state index contributed by atoms with van der Waals surface area (Å²) in [7, 11) is 1.67. The number of halogens is 1. The quantitative estimate of drug-likeness (QED) is 0.849. The minimum Gasteiger partial charge on any atom is -0.495 e. The number of hydrogen-bond acceptors (Lipinski definition) is 3. The molecule has 0 unspecified atom stereocenters. The zero-order valence-corrected chi connectivity index (χ0v) is 13.4. The molecule has 1 aliphatic carbocycles. The van der Waals surface area contributed by atoms with Crippen molar-refractivity contribution < 1.29 is 4.74 Å². The maximum Gasteiger partial charge on any atom is 0.137 e. The van der Waals surface area contributed by atoms with Gasteiger partial charge in [-0.05, 0) is 60.1 Å². The van der Waals surface area contributed by atoms with Gasteiger partial charge < -0.3 is 9.64 Å². The highest BCUT2D eigenvalue weighted by molar-refractivity contribution is 6.32. The van der Waals surface area contributed by atoms with E-state index in [1.54, 1.807) is 7.11 Å². The summed E-state index contributed by atoms with van der Waals surface area (Å²) in [6.07, 6.45) is 7.57. The summed E-state index contributed by atoms with van der Waals surface area (Å²) < 4.78 is 5.33. The molecule has 2 aliphatic rings. The van der Waals surface area contributed by atoms with Crippen LogP contribution in [0.15, 0.2) is 30.6 Å². The number of methoxy groups -OCH3 is 1. The van der Waals surface area contributed by atoms with E-state index in [0.29, 0.717) is 5.02 Å². The third-order valence-corrected chi connectivity index (χ3v) is 4.97. The Morgan fingerprint density at radius 3 is 2.91 bits per heavy atom. The molecule has 0 radical (unpaired) electrons. The summed E-state index contributed by atoms with van der Waals surface area (Å²) in [5.41, 5.74) is 5.39. The number of hydrogen-bond donors (Lipinski definition) is 0. The smallest absolute Gasteiger partial charge is 0.137 e. The number of pyridine rings is 1. The van der Waals surface area contributed by atoms with Gasteiger partial charge in [0.25, 0.3) is 0 Å². The molecule has 4 heteroatoms. The van der Waals surface area contributed by atoms with E-state index >= 15 is 0 Å². The highest BCUT2D eigenvalue weighted by atomic mass is 35.5. The second-order valence-corrected chi connectivity index (χ2v) is 6.54. The first kappa shape index (κ1) is 13.9. The number of benzene rings is 1. The van der Waals surface area contributed by atoms with Crippen LogP contribution in [0.3, 0.4) is 0 Å². The molecule has 22 heavy (non-hydrogen) atoms. The van der Waals surface area contributed by atoms with Crippen LogP contribution in [0.5, 0.6) is 5.75 Å². The number of aromatic nitrogens is 1. The molecule has 0 bridgehead atoms.